The van der Waals surface area contributed by atoms with Gasteiger partial charge < -0.3 is 10.1 Å². The predicted octanol–water partition coefficient (Wildman–Crippen LogP) is 5.70. The van der Waals surface area contributed by atoms with Crippen LogP contribution in [0.5, 0.6) is 5.75 Å². The first-order valence-corrected chi connectivity index (χ1v) is 11.3. The van der Waals surface area contributed by atoms with Gasteiger partial charge in [-0.25, -0.2) is 9.40 Å². The molecule has 2 atom stereocenters. The summed E-state index contributed by atoms with van der Waals surface area (Å²) in [5.74, 6) is 0.0503. The topological polar surface area (TPSA) is 53.9 Å². The van der Waals surface area contributed by atoms with Crippen molar-refractivity contribution in [2.45, 2.75) is 18.2 Å². The number of carbonyl (C=O) groups excluding carboxylic acids is 1. The molecule has 3 aliphatic heterocycles. The van der Waals surface area contributed by atoms with Gasteiger partial charge in [0.05, 0.1) is 23.0 Å². The number of hydrazone groups is 1. The first-order valence-electron chi connectivity index (χ1n) is 9.68. The van der Waals surface area contributed by atoms with Crippen molar-refractivity contribution in [3.63, 3.8) is 0 Å². The van der Waals surface area contributed by atoms with Crippen LogP contribution in [0.15, 0.2) is 74.7 Å². The van der Waals surface area contributed by atoms with E-state index in [0.717, 1.165) is 25.8 Å². The van der Waals surface area contributed by atoms with Crippen LogP contribution in [0.3, 0.4) is 0 Å². The maximum Gasteiger partial charge on any atom is 0.306 e. The Kier molecular flexibility index (Phi) is 4.07. The summed E-state index contributed by atoms with van der Waals surface area (Å²) in [5, 5.41) is 9.57. The molecular weight excluding hydrogens is 529 g/mol. The Morgan fingerprint density at radius 2 is 1.81 bits per heavy atom. The molecule has 6 rings (SSSR count). The zero-order chi connectivity index (χ0) is 21.3. The van der Waals surface area contributed by atoms with E-state index in [9.17, 15) is 9.18 Å². The van der Waals surface area contributed by atoms with Crippen LogP contribution in [0, 0.1) is 5.82 Å². The summed E-state index contributed by atoms with van der Waals surface area (Å²) in [6.07, 6.45) is 0.566. The molecule has 0 unspecified atom stereocenters. The highest BCUT2D eigenvalue weighted by molar-refractivity contribution is 9.10. The molecule has 8 heteroatoms. The van der Waals surface area contributed by atoms with Gasteiger partial charge in [-0.15, -0.1) is 0 Å². The second-order valence-electron chi connectivity index (χ2n) is 7.69. The van der Waals surface area contributed by atoms with Gasteiger partial charge in [0, 0.05) is 20.9 Å². The minimum absolute atomic E-state index is 0.211. The number of halogens is 3. The zero-order valence-corrected chi connectivity index (χ0v) is 19.1. The highest BCUT2D eigenvalue weighted by atomic mass is 79.9. The lowest BCUT2D eigenvalue weighted by molar-refractivity contribution is -0.161. The Labute approximate surface area is 194 Å². The number of amides is 1. The van der Waals surface area contributed by atoms with Crippen LogP contribution in [0.4, 0.5) is 10.1 Å². The summed E-state index contributed by atoms with van der Waals surface area (Å²) >= 11 is 7.05. The third kappa shape index (κ3) is 2.71. The van der Waals surface area contributed by atoms with Crippen molar-refractivity contribution in [3.8, 4) is 5.75 Å². The molecule has 31 heavy (non-hydrogen) atoms. The third-order valence-corrected chi connectivity index (χ3v) is 6.89. The van der Waals surface area contributed by atoms with Crippen molar-refractivity contribution in [2.75, 3.05) is 5.32 Å². The van der Waals surface area contributed by atoms with Crippen molar-refractivity contribution >= 4 is 49.2 Å². The van der Waals surface area contributed by atoms with Gasteiger partial charge in [-0.1, -0.05) is 44.0 Å². The number of hydrogen-bond acceptors (Lipinski definition) is 4. The lowest BCUT2D eigenvalue weighted by Gasteiger charge is -2.44. The molecule has 5 nitrogen and oxygen atoms in total. The quantitative estimate of drug-likeness (QED) is 0.429. The number of nitrogens with zero attached hydrogens (tertiary/aromatic N) is 2. The molecule has 3 aromatic carbocycles. The Bertz CT molecular complexity index is 1290. The van der Waals surface area contributed by atoms with E-state index < -0.39 is 5.72 Å². The van der Waals surface area contributed by atoms with Gasteiger partial charge in [-0.2, -0.15) is 5.10 Å². The molecule has 0 bridgehead atoms. The third-order valence-electron chi connectivity index (χ3n) is 5.90. The smallest absolute Gasteiger partial charge is 0.306 e. The average molecular weight is 543 g/mol. The Morgan fingerprint density at radius 3 is 2.61 bits per heavy atom. The number of nitrogens with one attached hydrogen (secondary N) is 1. The van der Waals surface area contributed by atoms with Gasteiger partial charge in [0.1, 0.15) is 11.6 Å². The first kappa shape index (κ1) is 19.0. The SMILES string of the molecule is O=C1Nc2ccc(Br)cc2[C@]12Oc1ccc(Br)cc1[C@@H]1CC(c3ccc(F)cc3)=NN12. The Hall–Kier alpha value is -2.71. The van der Waals surface area contributed by atoms with E-state index in [-0.39, 0.29) is 17.8 Å². The maximum absolute atomic E-state index is 13.5. The van der Waals surface area contributed by atoms with E-state index in [1.54, 1.807) is 17.1 Å². The molecule has 0 aliphatic carbocycles. The number of hydrogen-bond donors (Lipinski definition) is 1. The predicted molar refractivity (Wildman–Crippen MR) is 121 cm³/mol. The number of ether oxygens (including phenoxy) is 1. The monoisotopic (exact) mass is 541 g/mol. The number of fused-ring (bicyclic) bond motifs is 6. The lowest BCUT2D eigenvalue weighted by atomic mass is 9.92. The van der Waals surface area contributed by atoms with Gasteiger partial charge >= 0.3 is 5.72 Å². The molecule has 3 aromatic rings. The number of carbonyl (C=O) groups is 1. The van der Waals surface area contributed by atoms with Gasteiger partial charge in [0.15, 0.2) is 0 Å². The Morgan fingerprint density at radius 1 is 1.06 bits per heavy atom. The highest BCUT2D eigenvalue weighted by Crippen LogP contribution is 2.54. The average Bonchev–Trinajstić information content (AvgIpc) is 3.31. The molecule has 3 aliphatic rings. The molecule has 154 valence electrons. The fraction of sp³-hybridized carbons (Fsp3) is 0.130. The van der Waals surface area contributed by atoms with Gasteiger partial charge in [0.2, 0.25) is 0 Å². The van der Waals surface area contributed by atoms with Crippen LogP contribution in [0.25, 0.3) is 0 Å². The van der Waals surface area contributed by atoms with E-state index >= 15 is 0 Å². The van der Waals surface area contributed by atoms with Crippen molar-refractivity contribution in [1.29, 1.82) is 0 Å². The molecule has 3 heterocycles. The van der Waals surface area contributed by atoms with Gasteiger partial charge in [-0.05, 0) is 54.1 Å². The van der Waals surface area contributed by atoms with E-state index in [4.69, 9.17) is 9.84 Å². The summed E-state index contributed by atoms with van der Waals surface area (Å²) in [7, 11) is 0. The number of rotatable bonds is 1. The minimum atomic E-state index is -1.42. The van der Waals surface area contributed by atoms with E-state index in [1.165, 1.54) is 12.1 Å². The van der Waals surface area contributed by atoms with Crippen LogP contribution >= 0.6 is 31.9 Å². The number of anilines is 1. The molecule has 0 aromatic heterocycles. The van der Waals surface area contributed by atoms with Crippen LogP contribution in [0.1, 0.15) is 29.2 Å². The largest absolute Gasteiger partial charge is 0.453 e. The molecular formula is C23H14Br2FN3O2. The molecule has 0 fully saturated rings. The van der Waals surface area contributed by atoms with Crippen molar-refractivity contribution < 1.29 is 13.9 Å². The highest BCUT2D eigenvalue weighted by Gasteiger charge is 2.61. The zero-order valence-electron chi connectivity index (χ0n) is 15.9. The van der Waals surface area contributed by atoms with E-state index in [2.05, 4.69) is 37.2 Å². The van der Waals surface area contributed by atoms with Crippen LogP contribution in [-0.4, -0.2) is 16.6 Å². The van der Waals surface area contributed by atoms with Crippen molar-refractivity contribution in [2.24, 2.45) is 5.10 Å². The van der Waals surface area contributed by atoms with Crippen LogP contribution in [-0.2, 0) is 10.5 Å². The molecule has 0 saturated carbocycles. The first-order chi connectivity index (χ1) is 15.0. The second-order valence-corrected chi connectivity index (χ2v) is 9.52. The molecule has 1 amide bonds. The minimum Gasteiger partial charge on any atom is -0.453 e. The summed E-state index contributed by atoms with van der Waals surface area (Å²) in [6, 6.07) is 17.4. The normalized spacial score (nSPS) is 23.1. The van der Waals surface area contributed by atoms with Crippen LogP contribution < -0.4 is 10.1 Å². The fourth-order valence-electron chi connectivity index (χ4n) is 4.50. The molecule has 1 spiro atoms. The van der Waals surface area contributed by atoms with Gasteiger partial charge in [0.25, 0.3) is 5.91 Å². The van der Waals surface area contributed by atoms with E-state index in [1.807, 2.05) is 36.4 Å². The Balaban J connectivity index is 1.58. The molecule has 1 N–H and O–H groups in total. The van der Waals surface area contributed by atoms with Crippen molar-refractivity contribution in [3.05, 3.63) is 92.1 Å². The molecule has 0 radical (unpaired) electrons. The number of benzene rings is 3. The summed E-state index contributed by atoms with van der Waals surface area (Å²) < 4.78 is 21.7. The van der Waals surface area contributed by atoms with Crippen LogP contribution in [0.2, 0.25) is 0 Å². The van der Waals surface area contributed by atoms with Crippen molar-refractivity contribution in [1.82, 2.24) is 5.01 Å². The lowest BCUT2D eigenvalue weighted by Crippen LogP contribution is -2.55. The summed E-state index contributed by atoms with van der Waals surface area (Å²) in [5.41, 5.74) is 2.50. The fourth-order valence-corrected chi connectivity index (χ4v) is 5.24. The maximum atomic E-state index is 13.5. The summed E-state index contributed by atoms with van der Waals surface area (Å²) in [4.78, 5) is 13.4. The van der Waals surface area contributed by atoms with Gasteiger partial charge in [-0.3, -0.25) is 4.79 Å². The molecule has 0 saturated heterocycles. The summed E-state index contributed by atoms with van der Waals surface area (Å²) in [6.45, 7) is 0. The second kappa shape index (κ2) is 6.64. The standard InChI is InChI=1S/C23H14Br2FN3O2/c24-13-4-8-21-16(9-13)20-11-19(12-1-5-15(26)6-2-12)28-29(20)23(31-21)17-10-14(25)3-7-18(17)27-22(23)30/h1-10,20H,11H2,(H,27,30)/t20-,23-/m0/s1. The van der Waals surface area contributed by atoms with E-state index in [0.29, 0.717) is 23.4 Å².